The van der Waals surface area contributed by atoms with Gasteiger partial charge in [0.1, 0.15) is 11.6 Å². The molecule has 0 radical (unpaired) electrons. The van der Waals surface area contributed by atoms with Gasteiger partial charge in [-0.25, -0.2) is 0 Å². The van der Waals surface area contributed by atoms with Crippen molar-refractivity contribution in [1.29, 1.82) is 5.26 Å². The molecule has 1 rings (SSSR count). The summed E-state index contributed by atoms with van der Waals surface area (Å²) in [7, 11) is 0. The van der Waals surface area contributed by atoms with Gasteiger partial charge in [0.05, 0.1) is 0 Å². The van der Waals surface area contributed by atoms with E-state index >= 15 is 0 Å². The second kappa shape index (κ2) is 6.21. The molecule has 1 N–H and O–H groups in total. The number of amides is 1. The fourth-order valence-electron chi connectivity index (χ4n) is 1.22. The van der Waals surface area contributed by atoms with Crippen molar-refractivity contribution in [2.24, 2.45) is 0 Å². The maximum atomic E-state index is 11.8. The van der Waals surface area contributed by atoms with Crippen LogP contribution < -0.4 is 5.32 Å². The maximum Gasteiger partial charge on any atom is 0.262 e. The zero-order chi connectivity index (χ0) is 12.8. The van der Waals surface area contributed by atoms with Crippen LogP contribution in [0, 0.1) is 18.3 Å². The standard InChI is InChI=1S/C13H16N2OS/c1-4-10(3)15-13(16)11(8-14)7-12-9(2)5-6-17-12/h5-7,10H,4H2,1-3H3,(H,15,16)/b11-7+/t10-/m1/s1. The predicted molar refractivity (Wildman–Crippen MR) is 70.5 cm³/mol. The summed E-state index contributed by atoms with van der Waals surface area (Å²) in [5, 5.41) is 13.7. The summed E-state index contributed by atoms with van der Waals surface area (Å²) in [6.45, 7) is 5.87. The fourth-order valence-corrected chi connectivity index (χ4v) is 2.07. The third-order valence-corrected chi connectivity index (χ3v) is 3.50. The van der Waals surface area contributed by atoms with Crippen molar-refractivity contribution in [3.8, 4) is 6.07 Å². The third kappa shape index (κ3) is 3.72. The van der Waals surface area contributed by atoms with E-state index in [2.05, 4.69) is 5.32 Å². The van der Waals surface area contributed by atoms with Crippen LogP contribution in [0.1, 0.15) is 30.7 Å². The molecule has 0 bridgehead atoms. The van der Waals surface area contributed by atoms with E-state index in [1.165, 1.54) is 11.3 Å². The van der Waals surface area contributed by atoms with Crippen LogP contribution >= 0.6 is 11.3 Å². The highest BCUT2D eigenvalue weighted by Crippen LogP contribution is 2.19. The van der Waals surface area contributed by atoms with Gasteiger partial charge in [0, 0.05) is 10.9 Å². The second-order valence-corrected chi connectivity index (χ2v) is 4.87. The summed E-state index contributed by atoms with van der Waals surface area (Å²) >= 11 is 1.53. The summed E-state index contributed by atoms with van der Waals surface area (Å²) < 4.78 is 0. The number of nitrogens with one attached hydrogen (secondary N) is 1. The molecule has 1 amide bonds. The number of hydrogen-bond donors (Lipinski definition) is 1. The zero-order valence-corrected chi connectivity index (χ0v) is 11.1. The van der Waals surface area contributed by atoms with Gasteiger partial charge in [0.15, 0.2) is 0 Å². The van der Waals surface area contributed by atoms with Gasteiger partial charge in [0.25, 0.3) is 5.91 Å². The minimum Gasteiger partial charge on any atom is -0.349 e. The Hall–Kier alpha value is -1.60. The molecule has 1 aromatic rings. The van der Waals surface area contributed by atoms with Gasteiger partial charge in [-0.15, -0.1) is 11.3 Å². The summed E-state index contributed by atoms with van der Waals surface area (Å²) in [6.07, 6.45) is 2.50. The smallest absolute Gasteiger partial charge is 0.262 e. The van der Waals surface area contributed by atoms with E-state index in [1.807, 2.05) is 38.3 Å². The quantitative estimate of drug-likeness (QED) is 0.658. The van der Waals surface area contributed by atoms with Crippen LogP contribution in [0.15, 0.2) is 17.0 Å². The molecule has 0 aliphatic rings. The lowest BCUT2D eigenvalue weighted by molar-refractivity contribution is -0.117. The van der Waals surface area contributed by atoms with E-state index in [0.717, 1.165) is 16.9 Å². The van der Waals surface area contributed by atoms with Crippen LogP contribution in [0.25, 0.3) is 6.08 Å². The lowest BCUT2D eigenvalue weighted by atomic mass is 10.2. The molecule has 17 heavy (non-hydrogen) atoms. The topological polar surface area (TPSA) is 52.9 Å². The van der Waals surface area contributed by atoms with Crippen molar-refractivity contribution in [2.45, 2.75) is 33.2 Å². The molecule has 0 fully saturated rings. The Balaban J connectivity index is 2.86. The highest BCUT2D eigenvalue weighted by molar-refractivity contribution is 7.11. The number of rotatable bonds is 4. The molecule has 1 atom stereocenters. The molecule has 1 heterocycles. The first-order valence-electron chi connectivity index (χ1n) is 5.55. The Morgan fingerprint density at radius 3 is 2.88 bits per heavy atom. The van der Waals surface area contributed by atoms with Crippen LogP contribution in [0.5, 0.6) is 0 Å². The van der Waals surface area contributed by atoms with Gasteiger partial charge in [-0.05, 0) is 43.4 Å². The van der Waals surface area contributed by atoms with Gasteiger partial charge >= 0.3 is 0 Å². The van der Waals surface area contributed by atoms with Crippen LogP contribution in [-0.4, -0.2) is 11.9 Å². The summed E-state index contributed by atoms with van der Waals surface area (Å²) in [5.74, 6) is -0.297. The Kier molecular flexibility index (Phi) is 4.92. The number of carbonyl (C=O) groups excluding carboxylic acids is 1. The van der Waals surface area contributed by atoms with Gasteiger partial charge in [-0.2, -0.15) is 5.26 Å². The number of carbonyl (C=O) groups is 1. The molecule has 90 valence electrons. The number of nitriles is 1. The second-order valence-electron chi connectivity index (χ2n) is 3.92. The highest BCUT2D eigenvalue weighted by atomic mass is 32.1. The zero-order valence-electron chi connectivity index (χ0n) is 10.3. The Bertz CT molecular complexity index is 468. The van der Waals surface area contributed by atoms with E-state index in [4.69, 9.17) is 5.26 Å². The Morgan fingerprint density at radius 1 is 1.71 bits per heavy atom. The normalized spacial score (nSPS) is 12.9. The average Bonchev–Trinajstić information content (AvgIpc) is 2.71. The summed E-state index contributed by atoms with van der Waals surface area (Å²) in [4.78, 5) is 12.7. The fraction of sp³-hybridized carbons (Fsp3) is 0.385. The molecule has 0 aliphatic heterocycles. The van der Waals surface area contributed by atoms with Crippen molar-refractivity contribution < 1.29 is 4.79 Å². The minimum absolute atomic E-state index is 0.0867. The van der Waals surface area contributed by atoms with Crippen molar-refractivity contribution in [3.05, 3.63) is 27.5 Å². The van der Waals surface area contributed by atoms with E-state index < -0.39 is 0 Å². The molecule has 0 saturated heterocycles. The first-order valence-corrected chi connectivity index (χ1v) is 6.43. The van der Waals surface area contributed by atoms with Crippen LogP contribution in [0.3, 0.4) is 0 Å². The van der Waals surface area contributed by atoms with Gasteiger partial charge in [-0.1, -0.05) is 6.92 Å². The van der Waals surface area contributed by atoms with Crippen molar-refractivity contribution in [2.75, 3.05) is 0 Å². The van der Waals surface area contributed by atoms with Crippen molar-refractivity contribution in [1.82, 2.24) is 5.32 Å². The molecule has 4 heteroatoms. The van der Waals surface area contributed by atoms with Gasteiger partial charge in [0.2, 0.25) is 0 Å². The van der Waals surface area contributed by atoms with E-state index in [0.29, 0.717) is 0 Å². The molecule has 0 unspecified atom stereocenters. The molecule has 0 aliphatic carbocycles. The van der Waals surface area contributed by atoms with Crippen LogP contribution in [0.4, 0.5) is 0 Å². The minimum atomic E-state index is -0.297. The highest BCUT2D eigenvalue weighted by Gasteiger charge is 2.12. The number of hydrogen-bond acceptors (Lipinski definition) is 3. The van der Waals surface area contributed by atoms with E-state index in [-0.39, 0.29) is 17.5 Å². The van der Waals surface area contributed by atoms with Gasteiger partial charge < -0.3 is 5.32 Å². The largest absolute Gasteiger partial charge is 0.349 e. The summed E-state index contributed by atoms with van der Waals surface area (Å²) in [5.41, 5.74) is 1.25. The number of aryl methyl sites for hydroxylation is 1. The predicted octanol–water partition coefficient (Wildman–Crippen LogP) is 2.88. The van der Waals surface area contributed by atoms with Gasteiger partial charge in [-0.3, -0.25) is 4.79 Å². The Morgan fingerprint density at radius 2 is 2.41 bits per heavy atom. The van der Waals surface area contributed by atoms with Crippen molar-refractivity contribution in [3.63, 3.8) is 0 Å². The summed E-state index contributed by atoms with van der Waals surface area (Å²) in [6, 6.07) is 4.01. The molecule has 0 aromatic carbocycles. The lowest BCUT2D eigenvalue weighted by Crippen LogP contribution is -2.32. The SMILES string of the molecule is CC[C@@H](C)NC(=O)/C(C#N)=C/c1sccc1C. The van der Waals surface area contributed by atoms with Crippen molar-refractivity contribution >= 4 is 23.3 Å². The molecule has 0 saturated carbocycles. The first-order chi connectivity index (χ1) is 8.08. The third-order valence-electron chi connectivity index (χ3n) is 2.53. The number of thiophene rings is 1. The number of nitrogens with zero attached hydrogens (tertiary/aromatic N) is 1. The van der Waals surface area contributed by atoms with Crippen LogP contribution in [-0.2, 0) is 4.79 Å². The molecule has 1 aromatic heterocycles. The monoisotopic (exact) mass is 248 g/mol. The molecular weight excluding hydrogens is 232 g/mol. The van der Waals surface area contributed by atoms with E-state index in [9.17, 15) is 4.79 Å². The Labute approximate surface area is 106 Å². The molecule has 3 nitrogen and oxygen atoms in total. The van der Waals surface area contributed by atoms with Crippen LogP contribution in [0.2, 0.25) is 0 Å². The molecular formula is C13H16N2OS. The first kappa shape index (κ1) is 13.5. The lowest BCUT2D eigenvalue weighted by Gasteiger charge is -2.10. The van der Waals surface area contributed by atoms with E-state index in [1.54, 1.807) is 6.08 Å². The average molecular weight is 248 g/mol. The molecule has 0 spiro atoms. The maximum absolute atomic E-state index is 11.8.